The van der Waals surface area contributed by atoms with Crippen LogP contribution >= 0.6 is 15.9 Å². The Hall–Kier alpha value is -0.340. The molecular weight excluding hydrogens is 250 g/mol. The van der Waals surface area contributed by atoms with Gasteiger partial charge in [-0.05, 0) is 43.0 Å². The van der Waals surface area contributed by atoms with Gasteiger partial charge in [0, 0.05) is 10.5 Å². The number of nitrogens with one attached hydrogen (secondary N) is 1. The van der Waals surface area contributed by atoms with Crippen molar-refractivity contribution in [2.24, 2.45) is 5.92 Å². The summed E-state index contributed by atoms with van der Waals surface area (Å²) in [5.41, 5.74) is 1.49. The molecule has 1 nitrogen and oxygen atoms in total. The van der Waals surface area contributed by atoms with Gasteiger partial charge in [-0.1, -0.05) is 41.4 Å². The molecule has 2 rings (SSSR count). The van der Waals surface area contributed by atoms with Gasteiger partial charge in [0.15, 0.2) is 0 Å². The molecule has 1 aliphatic carbocycles. The molecule has 1 fully saturated rings. The fourth-order valence-corrected chi connectivity index (χ4v) is 3.15. The molecule has 1 aromatic carbocycles. The zero-order chi connectivity index (χ0) is 10.8. The Bertz CT molecular complexity index is 337. The van der Waals surface area contributed by atoms with Gasteiger partial charge in [0.2, 0.25) is 0 Å². The quantitative estimate of drug-likeness (QED) is 0.884. The molecule has 3 unspecified atom stereocenters. The molecule has 1 aromatic rings. The van der Waals surface area contributed by atoms with Crippen molar-refractivity contribution in [3.05, 3.63) is 34.3 Å². The van der Waals surface area contributed by atoms with Crippen molar-refractivity contribution in [2.45, 2.75) is 31.7 Å². The standard InChI is InChI=1S/C13H18BrN/c1-3-11-12(8-13(11)15-2)9-5-4-6-10(14)7-9/h4-7,11-13,15H,3,8H2,1-2H3. The van der Waals surface area contributed by atoms with Crippen LogP contribution in [-0.2, 0) is 0 Å². The molecule has 3 atom stereocenters. The molecule has 0 saturated heterocycles. The number of halogens is 1. The Balaban J connectivity index is 2.13. The molecule has 0 radical (unpaired) electrons. The molecule has 0 spiro atoms. The highest BCUT2D eigenvalue weighted by molar-refractivity contribution is 9.10. The largest absolute Gasteiger partial charge is 0.317 e. The second-order valence-corrected chi connectivity index (χ2v) is 5.28. The van der Waals surface area contributed by atoms with Crippen LogP contribution in [-0.4, -0.2) is 13.1 Å². The van der Waals surface area contributed by atoms with Crippen molar-refractivity contribution < 1.29 is 0 Å². The highest BCUT2D eigenvalue weighted by Crippen LogP contribution is 2.44. The van der Waals surface area contributed by atoms with E-state index in [9.17, 15) is 0 Å². The normalized spacial score (nSPS) is 29.9. The Morgan fingerprint density at radius 2 is 2.27 bits per heavy atom. The van der Waals surface area contributed by atoms with E-state index in [1.807, 2.05) is 0 Å². The van der Waals surface area contributed by atoms with E-state index in [0.29, 0.717) is 0 Å². The molecule has 1 N–H and O–H groups in total. The Kier molecular flexibility index (Phi) is 3.47. The summed E-state index contributed by atoms with van der Waals surface area (Å²) in [7, 11) is 2.07. The maximum absolute atomic E-state index is 3.54. The molecule has 0 bridgehead atoms. The minimum Gasteiger partial charge on any atom is -0.317 e. The Morgan fingerprint density at radius 1 is 1.47 bits per heavy atom. The molecule has 15 heavy (non-hydrogen) atoms. The monoisotopic (exact) mass is 267 g/mol. The lowest BCUT2D eigenvalue weighted by atomic mass is 9.65. The van der Waals surface area contributed by atoms with Gasteiger partial charge < -0.3 is 5.32 Å². The van der Waals surface area contributed by atoms with Gasteiger partial charge in [-0.25, -0.2) is 0 Å². The van der Waals surface area contributed by atoms with Crippen LogP contribution < -0.4 is 5.32 Å². The van der Waals surface area contributed by atoms with E-state index in [4.69, 9.17) is 0 Å². The van der Waals surface area contributed by atoms with Gasteiger partial charge in [0.05, 0.1) is 0 Å². The first-order valence-corrected chi connectivity index (χ1v) is 6.48. The second kappa shape index (κ2) is 4.67. The molecule has 82 valence electrons. The molecule has 0 amide bonds. The fraction of sp³-hybridized carbons (Fsp3) is 0.538. The van der Waals surface area contributed by atoms with E-state index in [2.05, 4.69) is 59.5 Å². The maximum atomic E-state index is 3.54. The molecule has 0 aliphatic heterocycles. The van der Waals surface area contributed by atoms with Crippen LogP contribution in [0.25, 0.3) is 0 Å². The van der Waals surface area contributed by atoms with E-state index in [-0.39, 0.29) is 0 Å². The van der Waals surface area contributed by atoms with Gasteiger partial charge in [-0.3, -0.25) is 0 Å². The average Bonchev–Trinajstić information content (AvgIpc) is 2.18. The number of benzene rings is 1. The maximum Gasteiger partial charge on any atom is 0.0178 e. The Morgan fingerprint density at radius 3 is 2.87 bits per heavy atom. The number of hydrogen-bond donors (Lipinski definition) is 1. The first-order valence-electron chi connectivity index (χ1n) is 5.69. The van der Waals surface area contributed by atoms with Crippen molar-refractivity contribution in [3.63, 3.8) is 0 Å². The van der Waals surface area contributed by atoms with Crippen LogP contribution in [0, 0.1) is 5.92 Å². The second-order valence-electron chi connectivity index (χ2n) is 4.36. The summed E-state index contributed by atoms with van der Waals surface area (Å²) in [6.07, 6.45) is 2.55. The summed E-state index contributed by atoms with van der Waals surface area (Å²) in [5, 5.41) is 3.41. The first kappa shape index (κ1) is 11.2. The van der Waals surface area contributed by atoms with Crippen LogP contribution in [0.15, 0.2) is 28.7 Å². The van der Waals surface area contributed by atoms with Crippen LogP contribution in [0.1, 0.15) is 31.2 Å². The van der Waals surface area contributed by atoms with Crippen molar-refractivity contribution >= 4 is 15.9 Å². The molecule has 1 aliphatic rings. The zero-order valence-electron chi connectivity index (χ0n) is 9.33. The summed E-state index contributed by atoms with van der Waals surface area (Å²) >= 11 is 3.54. The predicted molar refractivity (Wildman–Crippen MR) is 68.1 cm³/mol. The summed E-state index contributed by atoms with van der Waals surface area (Å²) in [6.45, 7) is 2.29. The van der Waals surface area contributed by atoms with E-state index >= 15 is 0 Å². The molecule has 0 heterocycles. The summed E-state index contributed by atoms with van der Waals surface area (Å²) in [6, 6.07) is 9.47. The van der Waals surface area contributed by atoms with Crippen molar-refractivity contribution in [1.29, 1.82) is 0 Å². The van der Waals surface area contributed by atoms with Gasteiger partial charge in [-0.15, -0.1) is 0 Å². The SMILES string of the molecule is CCC1C(NC)CC1c1cccc(Br)c1. The van der Waals surface area contributed by atoms with E-state index in [0.717, 1.165) is 17.9 Å². The molecule has 1 saturated carbocycles. The topological polar surface area (TPSA) is 12.0 Å². The van der Waals surface area contributed by atoms with Crippen molar-refractivity contribution in [1.82, 2.24) is 5.32 Å². The fourth-order valence-electron chi connectivity index (χ4n) is 2.73. The highest BCUT2D eigenvalue weighted by atomic mass is 79.9. The summed E-state index contributed by atoms with van der Waals surface area (Å²) < 4.78 is 1.20. The zero-order valence-corrected chi connectivity index (χ0v) is 10.9. The Labute approximate surface area is 100 Å². The molecular formula is C13H18BrN. The van der Waals surface area contributed by atoms with Crippen LogP contribution in [0.5, 0.6) is 0 Å². The minimum atomic E-state index is 0.721. The summed E-state index contributed by atoms with van der Waals surface area (Å²) in [4.78, 5) is 0. The van der Waals surface area contributed by atoms with E-state index < -0.39 is 0 Å². The van der Waals surface area contributed by atoms with Gasteiger partial charge in [0.1, 0.15) is 0 Å². The lowest BCUT2D eigenvalue weighted by Crippen LogP contribution is -2.47. The van der Waals surface area contributed by atoms with E-state index in [1.165, 1.54) is 22.9 Å². The number of hydrogen-bond acceptors (Lipinski definition) is 1. The van der Waals surface area contributed by atoms with Crippen molar-refractivity contribution in [3.8, 4) is 0 Å². The lowest BCUT2D eigenvalue weighted by molar-refractivity contribution is 0.169. The van der Waals surface area contributed by atoms with Crippen LogP contribution in [0.4, 0.5) is 0 Å². The third kappa shape index (κ3) is 2.11. The minimum absolute atomic E-state index is 0.721. The van der Waals surface area contributed by atoms with Gasteiger partial charge in [-0.2, -0.15) is 0 Å². The molecule has 2 heteroatoms. The molecule has 0 aromatic heterocycles. The van der Waals surface area contributed by atoms with Crippen LogP contribution in [0.2, 0.25) is 0 Å². The smallest absolute Gasteiger partial charge is 0.0178 e. The third-order valence-electron chi connectivity index (χ3n) is 3.66. The highest BCUT2D eigenvalue weighted by Gasteiger charge is 2.39. The van der Waals surface area contributed by atoms with Gasteiger partial charge in [0.25, 0.3) is 0 Å². The lowest BCUT2D eigenvalue weighted by Gasteiger charge is -2.45. The average molecular weight is 268 g/mol. The van der Waals surface area contributed by atoms with E-state index in [1.54, 1.807) is 0 Å². The van der Waals surface area contributed by atoms with Crippen molar-refractivity contribution in [2.75, 3.05) is 7.05 Å². The van der Waals surface area contributed by atoms with Crippen LogP contribution in [0.3, 0.4) is 0 Å². The summed E-state index contributed by atoms with van der Waals surface area (Å²) in [5.74, 6) is 1.56. The number of rotatable bonds is 3. The van der Waals surface area contributed by atoms with Gasteiger partial charge >= 0.3 is 0 Å². The predicted octanol–water partition coefficient (Wildman–Crippen LogP) is 3.55. The third-order valence-corrected chi connectivity index (χ3v) is 4.15. The first-order chi connectivity index (χ1) is 7.26.